The van der Waals surface area contributed by atoms with Gasteiger partial charge in [0.2, 0.25) is 0 Å². The van der Waals surface area contributed by atoms with Crippen LogP contribution in [0.2, 0.25) is 0 Å². The Morgan fingerprint density at radius 2 is 2.05 bits per heavy atom. The highest BCUT2D eigenvalue weighted by Gasteiger charge is 2.19. The van der Waals surface area contributed by atoms with E-state index in [9.17, 15) is 0 Å². The van der Waals surface area contributed by atoms with Gasteiger partial charge in [0.15, 0.2) is 5.11 Å². The van der Waals surface area contributed by atoms with E-state index in [4.69, 9.17) is 17.0 Å². The highest BCUT2D eigenvalue weighted by Crippen LogP contribution is 2.17. The van der Waals surface area contributed by atoms with E-state index in [2.05, 4.69) is 53.2 Å². The Balaban J connectivity index is 1.84. The number of nitrogens with zero attached hydrogens (tertiary/aromatic N) is 2. The first-order chi connectivity index (χ1) is 10.1. The van der Waals surface area contributed by atoms with Crippen molar-refractivity contribution in [2.45, 2.75) is 19.9 Å². The maximum Gasteiger partial charge on any atom is 0.169 e. The highest BCUT2D eigenvalue weighted by atomic mass is 32.1. The molecule has 1 heterocycles. The van der Waals surface area contributed by atoms with Gasteiger partial charge in [-0.2, -0.15) is 0 Å². The van der Waals surface area contributed by atoms with Gasteiger partial charge in [0.05, 0.1) is 6.61 Å². The minimum atomic E-state index is 0.248. The number of benzene rings is 1. The number of rotatable bonds is 4. The zero-order valence-electron chi connectivity index (χ0n) is 13.1. The lowest BCUT2D eigenvalue weighted by Gasteiger charge is -2.38. The lowest BCUT2D eigenvalue weighted by Crippen LogP contribution is -2.53. The second-order valence-electron chi connectivity index (χ2n) is 5.62. The van der Waals surface area contributed by atoms with Crippen LogP contribution in [0.1, 0.15) is 12.5 Å². The quantitative estimate of drug-likeness (QED) is 0.859. The molecule has 0 aliphatic carbocycles. The molecule has 0 saturated carbocycles. The Bertz CT molecular complexity index is 472. The van der Waals surface area contributed by atoms with Crippen molar-refractivity contribution in [1.82, 2.24) is 10.2 Å². The largest absolute Gasteiger partial charge is 0.383 e. The first-order valence-electron chi connectivity index (χ1n) is 7.46. The monoisotopic (exact) mass is 307 g/mol. The number of hydrogen-bond acceptors (Lipinski definition) is 3. The number of anilines is 1. The van der Waals surface area contributed by atoms with Crippen LogP contribution in [0.5, 0.6) is 0 Å². The van der Waals surface area contributed by atoms with E-state index >= 15 is 0 Å². The van der Waals surface area contributed by atoms with Crippen molar-refractivity contribution in [1.29, 1.82) is 0 Å². The summed E-state index contributed by atoms with van der Waals surface area (Å²) in [4.78, 5) is 4.67. The molecule has 0 spiro atoms. The molecular weight excluding hydrogens is 282 g/mol. The number of methoxy groups -OCH3 is 1. The number of thiocarbonyl (C=S) groups is 1. The Hall–Kier alpha value is -1.33. The van der Waals surface area contributed by atoms with Gasteiger partial charge in [-0.1, -0.05) is 12.1 Å². The fourth-order valence-corrected chi connectivity index (χ4v) is 2.97. The van der Waals surface area contributed by atoms with Gasteiger partial charge in [-0.25, -0.2) is 0 Å². The molecule has 1 saturated heterocycles. The van der Waals surface area contributed by atoms with Crippen LogP contribution in [0.25, 0.3) is 0 Å². The summed E-state index contributed by atoms with van der Waals surface area (Å²) in [6.07, 6.45) is 0. The van der Waals surface area contributed by atoms with Crippen LogP contribution < -0.4 is 10.2 Å². The predicted molar refractivity (Wildman–Crippen MR) is 92.0 cm³/mol. The van der Waals surface area contributed by atoms with Gasteiger partial charge in [0.1, 0.15) is 0 Å². The molecule has 1 fully saturated rings. The third-order valence-corrected chi connectivity index (χ3v) is 4.10. The summed E-state index contributed by atoms with van der Waals surface area (Å²) in [6.45, 7) is 8.81. The minimum Gasteiger partial charge on any atom is -0.383 e. The summed E-state index contributed by atoms with van der Waals surface area (Å²) < 4.78 is 5.13. The number of ether oxygens (including phenoxy) is 1. The topological polar surface area (TPSA) is 27.7 Å². The van der Waals surface area contributed by atoms with Gasteiger partial charge < -0.3 is 19.9 Å². The first kappa shape index (κ1) is 16.0. The summed E-state index contributed by atoms with van der Waals surface area (Å²) in [5.74, 6) is 0. The minimum absolute atomic E-state index is 0.248. The molecule has 0 aromatic heterocycles. The molecule has 1 aliphatic heterocycles. The van der Waals surface area contributed by atoms with Crippen molar-refractivity contribution in [3.63, 3.8) is 0 Å². The van der Waals surface area contributed by atoms with E-state index in [1.807, 2.05) is 0 Å². The third-order valence-electron chi connectivity index (χ3n) is 3.72. The van der Waals surface area contributed by atoms with Gasteiger partial charge in [-0.3, -0.25) is 0 Å². The van der Waals surface area contributed by atoms with E-state index in [1.165, 1.54) is 11.3 Å². The molecule has 5 heteroatoms. The molecule has 1 aliphatic rings. The van der Waals surface area contributed by atoms with Crippen molar-refractivity contribution in [3.8, 4) is 0 Å². The summed E-state index contributed by atoms with van der Waals surface area (Å²) in [5.41, 5.74) is 2.61. The molecule has 116 valence electrons. The van der Waals surface area contributed by atoms with Crippen LogP contribution in [-0.4, -0.2) is 55.9 Å². The first-order valence-corrected chi connectivity index (χ1v) is 7.87. The molecule has 1 atom stereocenters. The molecular formula is C16H25N3OS. The molecule has 2 rings (SSSR count). The zero-order valence-corrected chi connectivity index (χ0v) is 13.9. The second kappa shape index (κ2) is 7.61. The molecule has 1 N–H and O–H groups in total. The predicted octanol–water partition coefficient (Wildman–Crippen LogP) is 2.03. The Labute approximate surface area is 133 Å². The SMILES string of the molecule is COCC(C)NC(=S)N1CCN(c2cccc(C)c2)CC1. The van der Waals surface area contributed by atoms with Gasteiger partial charge in [0.25, 0.3) is 0 Å². The Morgan fingerprint density at radius 1 is 1.33 bits per heavy atom. The van der Waals surface area contributed by atoms with Crippen molar-refractivity contribution in [2.75, 3.05) is 44.8 Å². The lowest BCUT2D eigenvalue weighted by molar-refractivity contribution is 0.177. The summed E-state index contributed by atoms with van der Waals surface area (Å²) in [5, 5.41) is 4.16. The van der Waals surface area contributed by atoms with Crippen LogP contribution in [0.15, 0.2) is 24.3 Å². The molecule has 1 aromatic carbocycles. The molecule has 1 unspecified atom stereocenters. The van der Waals surface area contributed by atoms with Crippen LogP contribution in [0.3, 0.4) is 0 Å². The van der Waals surface area contributed by atoms with E-state index in [-0.39, 0.29) is 6.04 Å². The molecule has 4 nitrogen and oxygen atoms in total. The fraction of sp³-hybridized carbons (Fsp3) is 0.562. The number of hydrogen-bond donors (Lipinski definition) is 1. The van der Waals surface area contributed by atoms with E-state index < -0.39 is 0 Å². The van der Waals surface area contributed by atoms with Crippen LogP contribution in [0, 0.1) is 6.92 Å². The Morgan fingerprint density at radius 3 is 2.67 bits per heavy atom. The normalized spacial score (nSPS) is 16.7. The number of nitrogens with one attached hydrogen (secondary N) is 1. The van der Waals surface area contributed by atoms with Gasteiger partial charge >= 0.3 is 0 Å². The van der Waals surface area contributed by atoms with Crippen molar-refractivity contribution in [3.05, 3.63) is 29.8 Å². The van der Waals surface area contributed by atoms with E-state index in [1.54, 1.807) is 7.11 Å². The molecule has 0 bridgehead atoms. The molecule has 21 heavy (non-hydrogen) atoms. The zero-order chi connectivity index (χ0) is 15.2. The third kappa shape index (κ3) is 4.58. The Kier molecular flexibility index (Phi) is 5.82. The van der Waals surface area contributed by atoms with Crippen molar-refractivity contribution >= 4 is 23.0 Å². The van der Waals surface area contributed by atoms with Gasteiger partial charge in [-0.05, 0) is 43.8 Å². The lowest BCUT2D eigenvalue weighted by atomic mass is 10.2. The van der Waals surface area contributed by atoms with Gasteiger partial charge in [-0.15, -0.1) is 0 Å². The second-order valence-corrected chi connectivity index (χ2v) is 6.01. The average molecular weight is 307 g/mol. The van der Waals surface area contributed by atoms with Crippen molar-refractivity contribution < 1.29 is 4.74 Å². The van der Waals surface area contributed by atoms with E-state index in [0.717, 1.165) is 31.3 Å². The van der Waals surface area contributed by atoms with E-state index in [0.29, 0.717) is 6.61 Å². The van der Waals surface area contributed by atoms with Gasteiger partial charge in [0, 0.05) is 45.0 Å². The number of aryl methyl sites for hydroxylation is 1. The fourth-order valence-electron chi connectivity index (χ4n) is 2.59. The molecule has 1 aromatic rings. The summed E-state index contributed by atoms with van der Waals surface area (Å²) >= 11 is 5.48. The molecule has 0 radical (unpaired) electrons. The maximum absolute atomic E-state index is 5.48. The van der Waals surface area contributed by atoms with Crippen LogP contribution in [-0.2, 0) is 4.74 Å². The summed E-state index contributed by atoms with van der Waals surface area (Å²) in [7, 11) is 1.71. The number of piperazine rings is 1. The maximum atomic E-state index is 5.48. The highest BCUT2D eigenvalue weighted by molar-refractivity contribution is 7.80. The van der Waals surface area contributed by atoms with Crippen LogP contribution in [0.4, 0.5) is 5.69 Å². The van der Waals surface area contributed by atoms with Crippen molar-refractivity contribution in [2.24, 2.45) is 0 Å². The van der Waals surface area contributed by atoms with Crippen LogP contribution >= 0.6 is 12.2 Å². The molecule has 0 amide bonds. The smallest absolute Gasteiger partial charge is 0.169 e. The average Bonchev–Trinajstić information content (AvgIpc) is 2.47. The summed E-state index contributed by atoms with van der Waals surface area (Å²) in [6, 6.07) is 8.93. The standard InChI is InChI=1S/C16H25N3OS/c1-13-5-4-6-15(11-13)18-7-9-19(10-8-18)16(21)17-14(2)12-20-3/h4-6,11,14H,7-10,12H2,1-3H3,(H,17,21).